The molecule has 0 spiro atoms. The predicted octanol–water partition coefficient (Wildman–Crippen LogP) is 3.81. The molecule has 1 aliphatic heterocycles. The van der Waals surface area contributed by atoms with Crippen molar-refractivity contribution >= 4 is 34.4 Å². The quantitative estimate of drug-likeness (QED) is 0.443. The molecule has 3 heterocycles. The van der Waals surface area contributed by atoms with Crippen molar-refractivity contribution in [3.05, 3.63) is 84.0 Å². The van der Waals surface area contributed by atoms with Crippen LogP contribution in [0.1, 0.15) is 26.7 Å². The monoisotopic (exact) mass is 487 g/mol. The number of benzene rings is 2. The number of anilines is 1. The van der Waals surface area contributed by atoms with Crippen LogP contribution in [-0.4, -0.2) is 60.8 Å². The lowest BCUT2D eigenvalue weighted by molar-refractivity contribution is -0.115. The van der Waals surface area contributed by atoms with Crippen molar-refractivity contribution in [2.45, 2.75) is 6.42 Å². The first-order chi connectivity index (χ1) is 17.5. The molecule has 0 radical (unpaired) electrons. The van der Waals surface area contributed by atoms with E-state index in [2.05, 4.69) is 5.32 Å². The van der Waals surface area contributed by atoms with Crippen LogP contribution < -0.4 is 10.1 Å². The zero-order valence-electron chi connectivity index (χ0n) is 19.7. The maximum atomic E-state index is 13.5. The number of para-hydroxylation sites is 1. The van der Waals surface area contributed by atoms with Crippen LogP contribution >= 0.6 is 0 Å². The summed E-state index contributed by atoms with van der Waals surface area (Å²) in [6, 6.07) is 17.7. The van der Waals surface area contributed by atoms with Crippen molar-refractivity contribution in [1.29, 1.82) is 0 Å². The number of carbonyl (C=O) groups is 3. The molecule has 0 atom stereocenters. The number of amides is 3. The van der Waals surface area contributed by atoms with E-state index in [-0.39, 0.29) is 35.7 Å². The van der Waals surface area contributed by atoms with Crippen LogP contribution in [0.5, 0.6) is 5.75 Å². The number of piperazine rings is 1. The number of furan rings is 2. The highest BCUT2D eigenvalue weighted by molar-refractivity contribution is 6.11. The molecule has 1 saturated heterocycles. The average molecular weight is 488 g/mol. The van der Waals surface area contributed by atoms with Crippen molar-refractivity contribution in [3.8, 4) is 5.75 Å². The Balaban J connectivity index is 1.32. The largest absolute Gasteiger partial charge is 0.497 e. The number of fused-ring (bicyclic) bond motifs is 1. The summed E-state index contributed by atoms with van der Waals surface area (Å²) in [5, 5.41) is 3.54. The standard InChI is InChI=1S/C27H25N3O6/c1-34-19-10-8-18(9-11-19)17-23(31)28-24-20-5-2-3-6-21(20)36-25(24)27(33)30-14-12-29(13-15-30)26(32)22-7-4-16-35-22/h2-11,16H,12-15,17H2,1H3,(H,28,31). The number of hydrogen-bond donors (Lipinski definition) is 1. The smallest absolute Gasteiger partial charge is 0.291 e. The lowest BCUT2D eigenvalue weighted by Crippen LogP contribution is -2.50. The van der Waals surface area contributed by atoms with Gasteiger partial charge < -0.3 is 28.7 Å². The van der Waals surface area contributed by atoms with Gasteiger partial charge >= 0.3 is 0 Å². The second-order valence-corrected chi connectivity index (χ2v) is 8.44. The molecule has 0 bridgehead atoms. The van der Waals surface area contributed by atoms with Gasteiger partial charge in [0.15, 0.2) is 5.76 Å². The number of methoxy groups -OCH3 is 1. The number of carbonyl (C=O) groups excluding carboxylic acids is 3. The minimum absolute atomic E-state index is 0.0742. The molecule has 2 aromatic carbocycles. The first-order valence-electron chi connectivity index (χ1n) is 11.6. The summed E-state index contributed by atoms with van der Waals surface area (Å²) in [4.78, 5) is 42.2. The molecule has 4 aromatic rings. The van der Waals surface area contributed by atoms with Gasteiger partial charge in [-0.1, -0.05) is 24.3 Å². The number of ether oxygens (including phenoxy) is 1. The molecule has 1 N–H and O–H groups in total. The summed E-state index contributed by atoms with van der Waals surface area (Å²) in [5.74, 6) is 0.242. The van der Waals surface area contributed by atoms with E-state index in [1.807, 2.05) is 24.3 Å². The van der Waals surface area contributed by atoms with E-state index in [0.29, 0.717) is 48.6 Å². The van der Waals surface area contributed by atoms with Gasteiger partial charge in [-0.3, -0.25) is 14.4 Å². The molecular formula is C27H25N3O6. The highest BCUT2D eigenvalue weighted by Gasteiger charge is 2.31. The van der Waals surface area contributed by atoms with Gasteiger partial charge in [-0.15, -0.1) is 0 Å². The minimum Gasteiger partial charge on any atom is -0.497 e. The normalized spacial score (nSPS) is 13.6. The van der Waals surface area contributed by atoms with Crippen molar-refractivity contribution in [1.82, 2.24) is 9.80 Å². The van der Waals surface area contributed by atoms with Crippen LogP contribution in [0.15, 0.2) is 75.8 Å². The van der Waals surface area contributed by atoms with Crippen LogP contribution in [0.2, 0.25) is 0 Å². The lowest BCUT2D eigenvalue weighted by Gasteiger charge is -2.34. The first kappa shape index (κ1) is 23.2. The third-order valence-corrected chi connectivity index (χ3v) is 6.16. The summed E-state index contributed by atoms with van der Waals surface area (Å²) >= 11 is 0. The van der Waals surface area contributed by atoms with Crippen LogP contribution in [-0.2, 0) is 11.2 Å². The number of rotatable bonds is 6. The van der Waals surface area contributed by atoms with E-state index in [1.54, 1.807) is 53.3 Å². The Kier molecular flexibility index (Phi) is 6.44. The van der Waals surface area contributed by atoms with Crippen LogP contribution in [0.3, 0.4) is 0 Å². The van der Waals surface area contributed by atoms with Crippen molar-refractivity contribution in [2.75, 3.05) is 38.6 Å². The molecule has 36 heavy (non-hydrogen) atoms. The van der Waals surface area contributed by atoms with Gasteiger partial charge in [0, 0.05) is 31.6 Å². The fraction of sp³-hybridized carbons (Fsp3) is 0.222. The third-order valence-electron chi connectivity index (χ3n) is 6.16. The highest BCUT2D eigenvalue weighted by Crippen LogP contribution is 2.32. The summed E-state index contributed by atoms with van der Waals surface area (Å²) in [7, 11) is 1.58. The SMILES string of the molecule is COc1ccc(CC(=O)Nc2c(C(=O)N3CCN(C(=O)c4ccco4)CC3)oc3ccccc23)cc1. The third kappa shape index (κ3) is 4.68. The lowest BCUT2D eigenvalue weighted by atomic mass is 10.1. The topological polar surface area (TPSA) is 105 Å². The predicted molar refractivity (Wildman–Crippen MR) is 132 cm³/mol. The molecule has 1 fully saturated rings. The van der Waals surface area contributed by atoms with E-state index in [9.17, 15) is 14.4 Å². The van der Waals surface area contributed by atoms with Gasteiger partial charge in [-0.2, -0.15) is 0 Å². The molecule has 184 valence electrons. The fourth-order valence-electron chi connectivity index (χ4n) is 4.24. The van der Waals surface area contributed by atoms with Gasteiger partial charge in [0.1, 0.15) is 17.0 Å². The molecule has 0 aliphatic carbocycles. The molecule has 3 amide bonds. The molecule has 5 rings (SSSR count). The van der Waals surface area contributed by atoms with Crippen molar-refractivity contribution < 1.29 is 28.0 Å². The Labute approximate surface area is 207 Å². The first-order valence-corrected chi connectivity index (χ1v) is 11.6. The van der Waals surface area contributed by atoms with E-state index in [1.165, 1.54) is 6.26 Å². The van der Waals surface area contributed by atoms with Crippen LogP contribution in [0.25, 0.3) is 11.0 Å². The van der Waals surface area contributed by atoms with Crippen molar-refractivity contribution in [2.24, 2.45) is 0 Å². The summed E-state index contributed by atoms with van der Waals surface area (Å²) in [6.07, 6.45) is 1.59. The average Bonchev–Trinajstić information content (AvgIpc) is 3.57. The van der Waals surface area contributed by atoms with Crippen LogP contribution in [0.4, 0.5) is 5.69 Å². The maximum Gasteiger partial charge on any atom is 0.291 e. The van der Waals surface area contributed by atoms with E-state index < -0.39 is 0 Å². The maximum absolute atomic E-state index is 13.5. The number of nitrogens with one attached hydrogen (secondary N) is 1. The zero-order valence-corrected chi connectivity index (χ0v) is 19.7. The second kappa shape index (κ2) is 9.99. The number of nitrogens with zero attached hydrogens (tertiary/aromatic N) is 2. The summed E-state index contributed by atoms with van der Waals surface area (Å²) < 4.78 is 16.3. The Morgan fingerprint density at radius 1 is 0.889 bits per heavy atom. The van der Waals surface area contributed by atoms with Gasteiger partial charge in [0.2, 0.25) is 11.7 Å². The molecular weight excluding hydrogens is 462 g/mol. The molecule has 0 saturated carbocycles. The van der Waals surface area contributed by atoms with Gasteiger partial charge in [-0.05, 0) is 42.0 Å². The molecule has 1 aliphatic rings. The Morgan fingerprint density at radius 3 is 2.25 bits per heavy atom. The summed E-state index contributed by atoms with van der Waals surface area (Å²) in [5.41, 5.74) is 1.67. The Morgan fingerprint density at radius 2 is 1.58 bits per heavy atom. The van der Waals surface area contributed by atoms with Crippen molar-refractivity contribution in [3.63, 3.8) is 0 Å². The zero-order chi connectivity index (χ0) is 25.1. The number of hydrogen-bond acceptors (Lipinski definition) is 6. The highest BCUT2D eigenvalue weighted by atomic mass is 16.5. The van der Waals surface area contributed by atoms with Gasteiger partial charge in [0.25, 0.3) is 11.8 Å². The summed E-state index contributed by atoms with van der Waals surface area (Å²) in [6.45, 7) is 1.40. The second-order valence-electron chi connectivity index (χ2n) is 8.44. The molecule has 9 nitrogen and oxygen atoms in total. The van der Waals surface area contributed by atoms with Crippen LogP contribution in [0, 0.1) is 0 Å². The minimum atomic E-state index is -0.337. The van der Waals surface area contributed by atoms with E-state index in [0.717, 1.165) is 5.56 Å². The van der Waals surface area contributed by atoms with Gasteiger partial charge in [0.05, 0.1) is 19.8 Å². The van der Waals surface area contributed by atoms with E-state index in [4.69, 9.17) is 13.6 Å². The molecule has 9 heteroatoms. The van der Waals surface area contributed by atoms with E-state index >= 15 is 0 Å². The van der Waals surface area contributed by atoms with Gasteiger partial charge in [-0.25, -0.2) is 0 Å². The molecule has 2 aromatic heterocycles. The molecule has 0 unspecified atom stereocenters. The Hall–Kier alpha value is -4.53. The Bertz CT molecular complexity index is 1380. The fourth-order valence-corrected chi connectivity index (χ4v) is 4.24.